The summed E-state index contributed by atoms with van der Waals surface area (Å²) in [7, 11) is 4.96. The average Bonchev–Trinajstić information content (AvgIpc) is 2.35. The lowest BCUT2D eigenvalue weighted by atomic mass is 9.38. The molecule has 1 unspecified atom stereocenters. The van der Waals surface area contributed by atoms with E-state index < -0.39 is 0 Å². The van der Waals surface area contributed by atoms with Crippen LogP contribution in [0, 0.1) is 16.7 Å². The van der Waals surface area contributed by atoms with Gasteiger partial charge in [-0.2, -0.15) is 0 Å². The Morgan fingerprint density at radius 3 is 1.83 bits per heavy atom. The van der Waals surface area contributed by atoms with Crippen molar-refractivity contribution in [3.8, 4) is 0 Å². The van der Waals surface area contributed by atoms with Gasteiger partial charge in [-0.15, -0.1) is 0 Å². The number of hydrogen-bond acceptors (Lipinski definition) is 0. The van der Waals surface area contributed by atoms with Crippen LogP contribution in [0.25, 0.3) is 0 Å². The third-order valence-corrected chi connectivity index (χ3v) is 7.08. The van der Waals surface area contributed by atoms with Crippen LogP contribution in [0.15, 0.2) is 0 Å². The molecule has 0 heterocycles. The van der Waals surface area contributed by atoms with Gasteiger partial charge in [-0.3, -0.25) is 0 Å². The Hall–Kier alpha value is 0.130. The number of hydrogen-bond donors (Lipinski definition) is 0. The van der Waals surface area contributed by atoms with Crippen LogP contribution in [-0.2, 0) is 0 Å². The van der Waals surface area contributed by atoms with E-state index in [9.17, 15) is 0 Å². The molecule has 18 heavy (non-hydrogen) atoms. The van der Waals surface area contributed by atoms with Gasteiger partial charge in [0.25, 0.3) is 0 Å². The normalized spacial score (nSPS) is 45.1. The molecule has 1 atom stereocenters. The summed E-state index contributed by atoms with van der Waals surface area (Å²) in [6.07, 6.45) is 17.0. The molecule has 0 saturated heterocycles. The van der Waals surface area contributed by atoms with Crippen molar-refractivity contribution in [1.29, 1.82) is 0 Å². The standard InChI is InChI=1S/C16H30B2/c1-14(17,18)13-6-11-15-7-2-4-9-16(15,12-13)10-5-3-8-15/h13H,2-12,17-18H2,1H3. The van der Waals surface area contributed by atoms with Crippen molar-refractivity contribution in [3.05, 3.63) is 0 Å². The van der Waals surface area contributed by atoms with Crippen molar-refractivity contribution >= 4 is 15.7 Å². The molecule has 0 aromatic rings. The van der Waals surface area contributed by atoms with Gasteiger partial charge in [0.1, 0.15) is 0 Å². The van der Waals surface area contributed by atoms with E-state index >= 15 is 0 Å². The highest BCUT2D eigenvalue weighted by Gasteiger charge is 2.56. The highest BCUT2D eigenvalue weighted by Crippen LogP contribution is 2.68. The van der Waals surface area contributed by atoms with Crippen LogP contribution in [-0.4, -0.2) is 15.7 Å². The fourth-order valence-electron chi connectivity index (χ4n) is 5.86. The van der Waals surface area contributed by atoms with Crippen LogP contribution >= 0.6 is 0 Å². The van der Waals surface area contributed by atoms with Gasteiger partial charge < -0.3 is 0 Å². The predicted octanol–water partition coefficient (Wildman–Crippen LogP) is 3.31. The minimum atomic E-state index is 0.538. The first-order valence-electron chi connectivity index (χ1n) is 8.48. The van der Waals surface area contributed by atoms with Crippen LogP contribution in [0.2, 0.25) is 5.21 Å². The first kappa shape index (κ1) is 13.1. The summed E-state index contributed by atoms with van der Waals surface area (Å²) in [6, 6.07) is 0. The van der Waals surface area contributed by atoms with E-state index in [0.717, 1.165) is 16.7 Å². The summed E-state index contributed by atoms with van der Waals surface area (Å²) in [4.78, 5) is 0. The summed E-state index contributed by atoms with van der Waals surface area (Å²) >= 11 is 0. The monoisotopic (exact) mass is 244 g/mol. The first-order valence-corrected chi connectivity index (χ1v) is 8.48. The van der Waals surface area contributed by atoms with Crippen LogP contribution in [0.3, 0.4) is 0 Å². The van der Waals surface area contributed by atoms with Gasteiger partial charge in [0.05, 0.1) is 15.7 Å². The minimum Gasteiger partial charge on any atom is -0.0845 e. The quantitative estimate of drug-likeness (QED) is 0.620. The van der Waals surface area contributed by atoms with Crippen LogP contribution in [0.1, 0.15) is 77.6 Å². The summed E-state index contributed by atoms with van der Waals surface area (Å²) in [5.41, 5.74) is 1.57. The molecule has 3 aliphatic rings. The molecule has 100 valence electrons. The summed E-state index contributed by atoms with van der Waals surface area (Å²) in [6.45, 7) is 2.48. The van der Waals surface area contributed by atoms with E-state index in [1.807, 2.05) is 0 Å². The molecular weight excluding hydrogens is 214 g/mol. The fraction of sp³-hybridized carbons (Fsp3) is 1.00. The van der Waals surface area contributed by atoms with Crippen molar-refractivity contribution in [1.82, 2.24) is 0 Å². The molecule has 0 spiro atoms. The Labute approximate surface area is 115 Å². The molecular formula is C16H30B2. The van der Waals surface area contributed by atoms with Crippen molar-refractivity contribution < 1.29 is 0 Å². The number of rotatable bonds is 1. The molecule has 0 radical (unpaired) electrons. The highest BCUT2D eigenvalue weighted by molar-refractivity contribution is 6.39. The summed E-state index contributed by atoms with van der Waals surface area (Å²) in [5, 5.41) is 0.538. The zero-order chi connectivity index (χ0) is 12.9. The maximum Gasteiger partial charge on any atom is 0.0992 e. The molecule has 3 fully saturated rings. The Balaban J connectivity index is 1.89. The van der Waals surface area contributed by atoms with E-state index in [0.29, 0.717) is 5.21 Å². The van der Waals surface area contributed by atoms with Crippen LogP contribution in [0.5, 0.6) is 0 Å². The lowest BCUT2D eigenvalue weighted by Crippen LogP contribution is -2.52. The second-order valence-corrected chi connectivity index (χ2v) is 8.78. The molecule has 0 aromatic carbocycles. The maximum atomic E-state index is 2.48. The van der Waals surface area contributed by atoms with Crippen LogP contribution < -0.4 is 0 Å². The molecule has 3 rings (SSSR count). The Bertz CT molecular complexity index is 304. The molecule has 0 aromatic heterocycles. The molecule has 0 bridgehead atoms. The van der Waals surface area contributed by atoms with E-state index in [1.165, 1.54) is 32.1 Å². The predicted molar refractivity (Wildman–Crippen MR) is 84.6 cm³/mol. The average molecular weight is 244 g/mol. The largest absolute Gasteiger partial charge is 0.0992 e. The SMILES string of the molecule is BC(B)(C)C1CCC23CCCCC2(CCCC3)C1. The summed E-state index contributed by atoms with van der Waals surface area (Å²) < 4.78 is 0. The molecule has 0 nitrogen and oxygen atoms in total. The van der Waals surface area contributed by atoms with Crippen LogP contribution in [0.4, 0.5) is 0 Å². The summed E-state index contributed by atoms with van der Waals surface area (Å²) in [5.74, 6) is 0.988. The fourth-order valence-corrected chi connectivity index (χ4v) is 5.86. The zero-order valence-corrected chi connectivity index (χ0v) is 12.9. The second kappa shape index (κ2) is 4.32. The van der Waals surface area contributed by atoms with Gasteiger partial charge in [0, 0.05) is 0 Å². The van der Waals surface area contributed by atoms with Gasteiger partial charge in [-0.1, -0.05) is 44.2 Å². The molecule has 0 amide bonds. The van der Waals surface area contributed by atoms with E-state index in [2.05, 4.69) is 22.6 Å². The molecule has 3 saturated carbocycles. The van der Waals surface area contributed by atoms with Gasteiger partial charge in [-0.05, 0) is 55.3 Å². The lowest BCUT2D eigenvalue weighted by Gasteiger charge is -2.63. The van der Waals surface area contributed by atoms with Gasteiger partial charge in [0.15, 0.2) is 0 Å². The second-order valence-electron chi connectivity index (χ2n) is 8.78. The van der Waals surface area contributed by atoms with E-state index in [-0.39, 0.29) is 0 Å². The molecule has 0 aliphatic heterocycles. The molecule has 2 heteroatoms. The smallest absolute Gasteiger partial charge is 0.0845 e. The third kappa shape index (κ3) is 1.90. The van der Waals surface area contributed by atoms with E-state index in [1.54, 1.807) is 38.5 Å². The van der Waals surface area contributed by atoms with Gasteiger partial charge in [0.2, 0.25) is 0 Å². The van der Waals surface area contributed by atoms with Gasteiger partial charge >= 0.3 is 0 Å². The first-order chi connectivity index (χ1) is 8.48. The van der Waals surface area contributed by atoms with Crippen molar-refractivity contribution in [2.75, 3.05) is 0 Å². The Morgan fingerprint density at radius 2 is 1.33 bits per heavy atom. The van der Waals surface area contributed by atoms with Crippen molar-refractivity contribution in [2.45, 2.75) is 82.8 Å². The third-order valence-electron chi connectivity index (χ3n) is 7.08. The minimum absolute atomic E-state index is 0.538. The van der Waals surface area contributed by atoms with Gasteiger partial charge in [-0.25, -0.2) is 0 Å². The van der Waals surface area contributed by atoms with E-state index in [4.69, 9.17) is 0 Å². The molecule has 0 N–H and O–H groups in total. The molecule has 3 aliphatic carbocycles. The maximum absolute atomic E-state index is 2.48. The Kier molecular flexibility index (Phi) is 3.15. The van der Waals surface area contributed by atoms with Crippen molar-refractivity contribution in [3.63, 3.8) is 0 Å². The Morgan fingerprint density at radius 1 is 0.833 bits per heavy atom. The lowest BCUT2D eigenvalue weighted by molar-refractivity contribution is -0.109. The van der Waals surface area contributed by atoms with Crippen molar-refractivity contribution in [2.24, 2.45) is 16.7 Å². The highest BCUT2D eigenvalue weighted by atomic mass is 14.6. The topological polar surface area (TPSA) is 0 Å². The zero-order valence-electron chi connectivity index (χ0n) is 12.9.